The number of hydrogen-bond donors (Lipinski definition) is 2. The summed E-state index contributed by atoms with van der Waals surface area (Å²) >= 11 is 0. The van der Waals surface area contributed by atoms with E-state index in [-0.39, 0.29) is 5.91 Å². The van der Waals surface area contributed by atoms with Gasteiger partial charge in [0.25, 0.3) is 5.91 Å². The first kappa shape index (κ1) is 19.8. The number of piperazine rings is 1. The number of nitrogens with zero attached hydrogens (tertiary/aromatic N) is 5. The summed E-state index contributed by atoms with van der Waals surface area (Å²) in [7, 11) is 1.91. The first-order valence-corrected chi connectivity index (χ1v) is 10.00. The largest absolute Gasteiger partial charge is 0.367 e. The predicted octanol–water partition coefficient (Wildman–Crippen LogP) is 2.17. The van der Waals surface area contributed by atoms with Crippen molar-refractivity contribution >= 4 is 23.2 Å². The Kier molecular flexibility index (Phi) is 6.14. The molecule has 0 radical (unpaired) electrons. The third-order valence-corrected chi connectivity index (χ3v) is 4.98. The molecule has 1 fully saturated rings. The van der Waals surface area contributed by atoms with Gasteiger partial charge in [-0.2, -0.15) is 0 Å². The highest BCUT2D eigenvalue weighted by molar-refractivity contribution is 6.04. The van der Waals surface area contributed by atoms with E-state index in [1.54, 1.807) is 24.7 Å². The van der Waals surface area contributed by atoms with Gasteiger partial charge in [0.05, 0.1) is 17.6 Å². The first-order chi connectivity index (χ1) is 14.7. The van der Waals surface area contributed by atoms with Gasteiger partial charge in [-0.25, -0.2) is 9.97 Å². The lowest BCUT2D eigenvalue weighted by molar-refractivity contribution is 0.102. The first-order valence-electron chi connectivity index (χ1n) is 10.00. The second kappa shape index (κ2) is 9.32. The molecule has 0 atom stereocenters. The minimum absolute atomic E-state index is 0.281. The summed E-state index contributed by atoms with van der Waals surface area (Å²) in [5.41, 5.74) is 3.11. The fourth-order valence-electron chi connectivity index (χ4n) is 3.44. The lowest BCUT2D eigenvalue weighted by Gasteiger charge is -2.30. The van der Waals surface area contributed by atoms with Crippen LogP contribution >= 0.6 is 0 Å². The van der Waals surface area contributed by atoms with Gasteiger partial charge in [-0.15, -0.1) is 0 Å². The van der Waals surface area contributed by atoms with Crippen molar-refractivity contribution in [2.24, 2.45) is 0 Å². The van der Waals surface area contributed by atoms with Crippen LogP contribution in [0.3, 0.4) is 0 Å². The molecule has 8 nitrogen and oxygen atoms in total. The molecule has 0 saturated carbocycles. The van der Waals surface area contributed by atoms with Gasteiger partial charge in [0.1, 0.15) is 5.69 Å². The Morgan fingerprint density at radius 2 is 1.93 bits per heavy atom. The van der Waals surface area contributed by atoms with Crippen LogP contribution in [0, 0.1) is 0 Å². The quantitative estimate of drug-likeness (QED) is 0.652. The van der Waals surface area contributed by atoms with Crippen LogP contribution in [0.4, 0.5) is 17.3 Å². The van der Waals surface area contributed by atoms with Crippen molar-refractivity contribution in [3.63, 3.8) is 0 Å². The number of benzene rings is 1. The summed E-state index contributed by atoms with van der Waals surface area (Å²) in [4.78, 5) is 30.0. The number of carbonyl (C=O) groups is 1. The Morgan fingerprint density at radius 1 is 1.13 bits per heavy atom. The molecule has 2 aromatic heterocycles. The molecule has 1 aromatic carbocycles. The molecule has 0 bridgehead atoms. The summed E-state index contributed by atoms with van der Waals surface area (Å²) in [6.07, 6.45) is 5.03. The van der Waals surface area contributed by atoms with Crippen molar-refractivity contribution in [3.05, 3.63) is 72.3 Å². The lowest BCUT2D eigenvalue weighted by Crippen LogP contribution is -2.43. The molecule has 0 spiro atoms. The van der Waals surface area contributed by atoms with E-state index in [9.17, 15) is 4.79 Å². The highest BCUT2D eigenvalue weighted by Gasteiger charge is 2.17. The topological polar surface area (TPSA) is 86.3 Å². The maximum Gasteiger partial charge on any atom is 0.274 e. The van der Waals surface area contributed by atoms with Crippen LogP contribution in [-0.4, -0.2) is 54.1 Å². The highest BCUT2D eigenvalue weighted by atomic mass is 16.1. The third kappa shape index (κ3) is 4.72. The number of anilines is 3. The zero-order valence-corrected chi connectivity index (χ0v) is 17.0. The third-order valence-electron chi connectivity index (χ3n) is 4.98. The van der Waals surface area contributed by atoms with Gasteiger partial charge in [-0.1, -0.05) is 30.3 Å². The molecule has 4 rings (SSSR count). The molecule has 154 valence electrons. The smallest absolute Gasteiger partial charge is 0.274 e. The SMILES string of the molecule is CN(Cc1ccccc1)c1nccc(C(=O)Nc2cnccc2N2CCNCC2)n1. The number of nitrogens with one attached hydrogen (secondary N) is 2. The number of aromatic nitrogens is 3. The minimum atomic E-state index is -0.281. The lowest BCUT2D eigenvalue weighted by atomic mass is 10.2. The van der Waals surface area contributed by atoms with Gasteiger partial charge < -0.3 is 20.4 Å². The summed E-state index contributed by atoms with van der Waals surface area (Å²) in [6.45, 7) is 4.25. The monoisotopic (exact) mass is 403 g/mol. The van der Waals surface area contributed by atoms with E-state index in [4.69, 9.17) is 0 Å². The van der Waals surface area contributed by atoms with E-state index in [1.807, 2.05) is 48.3 Å². The van der Waals surface area contributed by atoms with Gasteiger partial charge >= 0.3 is 0 Å². The number of carbonyl (C=O) groups excluding carboxylic acids is 1. The van der Waals surface area contributed by atoms with Crippen LogP contribution < -0.4 is 20.4 Å². The molecule has 0 aliphatic carbocycles. The van der Waals surface area contributed by atoms with Crippen molar-refractivity contribution in [3.8, 4) is 0 Å². The van der Waals surface area contributed by atoms with Crippen molar-refractivity contribution in [2.75, 3.05) is 48.3 Å². The Balaban J connectivity index is 1.49. The second-order valence-electron chi connectivity index (χ2n) is 7.17. The molecule has 8 heteroatoms. The normalized spacial score (nSPS) is 13.7. The van der Waals surface area contributed by atoms with Crippen LogP contribution in [0.25, 0.3) is 0 Å². The number of hydrogen-bond acceptors (Lipinski definition) is 7. The summed E-state index contributed by atoms with van der Waals surface area (Å²) < 4.78 is 0. The Labute approximate surface area is 176 Å². The minimum Gasteiger partial charge on any atom is -0.367 e. The van der Waals surface area contributed by atoms with Crippen LogP contribution in [0.5, 0.6) is 0 Å². The summed E-state index contributed by atoms with van der Waals surface area (Å²) in [6, 6.07) is 13.6. The van der Waals surface area contributed by atoms with Crippen molar-refractivity contribution in [1.82, 2.24) is 20.3 Å². The molecule has 0 unspecified atom stereocenters. The molecule has 1 aliphatic rings. The van der Waals surface area contributed by atoms with E-state index >= 15 is 0 Å². The van der Waals surface area contributed by atoms with Crippen molar-refractivity contribution < 1.29 is 4.79 Å². The zero-order chi connectivity index (χ0) is 20.8. The van der Waals surface area contributed by atoms with Gasteiger partial charge in [0.15, 0.2) is 0 Å². The molecular formula is C22H25N7O. The van der Waals surface area contributed by atoms with Crippen LogP contribution in [0.1, 0.15) is 16.1 Å². The predicted molar refractivity (Wildman–Crippen MR) is 118 cm³/mol. The van der Waals surface area contributed by atoms with E-state index in [2.05, 4.69) is 30.5 Å². The van der Waals surface area contributed by atoms with Gasteiger partial charge in [-0.05, 0) is 17.7 Å². The highest BCUT2D eigenvalue weighted by Crippen LogP contribution is 2.25. The molecule has 1 amide bonds. The molecular weight excluding hydrogens is 378 g/mol. The van der Waals surface area contributed by atoms with E-state index < -0.39 is 0 Å². The van der Waals surface area contributed by atoms with Gasteiger partial charge in [-0.3, -0.25) is 9.78 Å². The zero-order valence-electron chi connectivity index (χ0n) is 17.0. The van der Waals surface area contributed by atoms with E-state index in [0.29, 0.717) is 23.9 Å². The summed E-state index contributed by atoms with van der Waals surface area (Å²) in [5, 5.41) is 6.31. The number of rotatable bonds is 6. The van der Waals surface area contributed by atoms with Crippen molar-refractivity contribution in [1.29, 1.82) is 0 Å². The van der Waals surface area contributed by atoms with Crippen LogP contribution in [0.15, 0.2) is 61.1 Å². The van der Waals surface area contributed by atoms with Gasteiger partial charge in [0.2, 0.25) is 5.95 Å². The van der Waals surface area contributed by atoms with Crippen molar-refractivity contribution in [2.45, 2.75) is 6.54 Å². The molecule has 30 heavy (non-hydrogen) atoms. The average molecular weight is 403 g/mol. The van der Waals surface area contributed by atoms with Crippen LogP contribution in [0.2, 0.25) is 0 Å². The fourth-order valence-corrected chi connectivity index (χ4v) is 3.44. The standard InChI is InChI=1S/C22H25N7O/c1-28(16-17-5-3-2-4-6-17)22-25-10-7-18(27-22)21(30)26-19-15-24-9-8-20(19)29-13-11-23-12-14-29/h2-10,15,23H,11-14,16H2,1H3,(H,26,30). The maximum atomic E-state index is 12.9. The fraction of sp³-hybridized carbons (Fsp3) is 0.273. The number of pyridine rings is 1. The van der Waals surface area contributed by atoms with Crippen LogP contribution in [-0.2, 0) is 6.54 Å². The Morgan fingerprint density at radius 3 is 2.73 bits per heavy atom. The summed E-state index contributed by atoms with van der Waals surface area (Å²) in [5.74, 6) is 0.219. The number of amides is 1. The second-order valence-corrected chi connectivity index (χ2v) is 7.17. The van der Waals surface area contributed by atoms with E-state index in [1.165, 1.54) is 0 Å². The molecule has 2 N–H and O–H groups in total. The molecule has 1 saturated heterocycles. The molecule has 3 aromatic rings. The van der Waals surface area contributed by atoms with E-state index in [0.717, 1.165) is 37.4 Å². The molecule has 1 aliphatic heterocycles. The molecule has 3 heterocycles. The Bertz CT molecular complexity index is 990. The maximum absolute atomic E-state index is 12.9. The average Bonchev–Trinajstić information content (AvgIpc) is 2.81. The van der Waals surface area contributed by atoms with Gasteiger partial charge in [0, 0.05) is 52.2 Å². The Hall–Kier alpha value is -3.52.